The lowest BCUT2D eigenvalue weighted by molar-refractivity contribution is -0.137. The number of nitrogens with one attached hydrogen (secondary N) is 1. The van der Waals surface area contributed by atoms with Gasteiger partial charge in [-0.05, 0) is 35.7 Å². The van der Waals surface area contributed by atoms with Crippen molar-refractivity contribution in [2.75, 3.05) is 6.61 Å². The Labute approximate surface area is 99.5 Å². The van der Waals surface area contributed by atoms with E-state index in [9.17, 15) is 4.79 Å². The van der Waals surface area contributed by atoms with Gasteiger partial charge in [0.15, 0.2) is 0 Å². The molecular weight excluding hydrogens is 258 g/mol. The molecule has 86 valence electrons. The van der Waals surface area contributed by atoms with E-state index in [2.05, 4.69) is 22.9 Å². The Morgan fingerprint density at radius 3 is 2.53 bits per heavy atom. The number of hydrogen-bond donors (Lipinski definition) is 1. The van der Waals surface area contributed by atoms with Gasteiger partial charge in [-0.25, -0.2) is 4.79 Å². The molecule has 0 aliphatic rings. The number of ether oxygens (including phenoxy) is 1. The van der Waals surface area contributed by atoms with E-state index in [4.69, 9.17) is 10.1 Å². The largest absolute Gasteiger partial charge is 0.462 e. The fourth-order valence-electron chi connectivity index (χ4n) is 1.11. The van der Waals surface area contributed by atoms with Gasteiger partial charge in [0.05, 0.1) is 12.2 Å². The van der Waals surface area contributed by atoms with E-state index in [0.29, 0.717) is 12.2 Å². The molecule has 3 nitrogen and oxygen atoms in total. The Hall–Kier alpha value is -0.640. The quantitative estimate of drug-likeness (QED) is 0.335. The van der Waals surface area contributed by atoms with Gasteiger partial charge in [0, 0.05) is 0 Å². The average Bonchev–Trinajstić information content (AvgIpc) is 2.17. The van der Waals surface area contributed by atoms with E-state index in [0.717, 1.165) is 25.7 Å². The van der Waals surface area contributed by atoms with Crippen molar-refractivity contribution in [2.45, 2.75) is 39.5 Å². The molecule has 0 heterocycles. The molecular formula is C11H18BrNO2. The van der Waals surface area contributed by atoms with Crippen LogP contribution in [0.3, 0.4) is 0 Å². The molecule has 0 unspecified atom stereocenters. The van der Waals surface area contributed by atoms with Crippen LogP contribution in [0.15, 0.2) is 11.6 Å². The van der Waals surface area contributed by atoms with Crippen LogP contribution in [0, 0.1) is 5.41 Å². The second kappa shape index (κ2) is 8.65. The van der Waals surface area contributed by atoms with Crippen molar-refractivity contribution in [3.8, 4) is 0 Å². The zero-order chi connectivity index (χ0) is 11.7. The molecule has 0 atom stereocenters. The highest BCUT2D eigenvalue weighted by Crippen LogP contribution is 2.09. The van der Waals surface area contributed by atoms with Gasteiger partial charge >= 0.3 is 5.97 Å². The lowest BCUT2D eigenvalue weighted by Gasteiger charge is -2.04. The smallest absolute Gasteiger partial charge is 0.340 e. The molecule has 0 spiro atoms. The monoisotopic (exact) mass is 275 g/mol. The minimum absolute atomic E-state index is 0.0949. The zero-order valence-corrected chi connectivity index (χ0v) is 10.9. The summed E-state index contributed by atoms with van der Waals surface area (Å²) in [4.78, 5) is 11.4. The Balaban J connectivity index is 4.25. The lowest BCUT2D eigenvalue weighted by atomic mass is 10.1. The standard InChI is InChI=1S/C11H18BrNO2/c1-3-5-6-7-8-9(10(12)13)11(14)15-4-2/h8,13H,3-7H2,1-2H3/b9-8+,13-10?. The summed E-state index contributed by atoms with van der Waals surface area (Å²) in [5, 5.41) is 7.39. The molecule has 0 aromatic rings. The molecule has 0 rings (SSSR count). The highest BCUT2D eigenvalue weighted by Gasteiger charge is 2.12. The van der Waals surface area contributed by atoms with E-state index in [1.165, 1.54) is 0 Å². The lowest BCUT2D eigenvalue weighted by Crippen LogP contribution is -2.11. The molecule has 0 amide bonds. The van der Waals surface area contributed by atoms with Gasteiger partial charge < -0.3 is 4.74 Å². The molecule has 0 saturated heterocycles. The fraction of sp³-hybridized carbons (Fsp3) is 0.636. The molecule has 4 heteroatoms. The third kappa shape index (κ3) is 6.44. The third-order valence-corrected chi connectivity index (χ3v) is 2.32. The molecule has 0 aromatic heterocycles. The number of carbonyl (C=O) groups excluding carboxylic acids is 1. The van der Waals surface area contributed by atoms with E-state index in [-0.39, 0.29) is 4.62 Å². The summed E-state index contributed by atoms with van der Waals surface area (Å²) in [7, 11) is 0. The average molecular weight is 276 g/mol. The number of rotatable bonds is 7. The first-order valence-corrected chi connectivity index (χ1v) is 6.04. The number of unbranched alkanes of at least 4 members (excludes halogenated alkanes) is 3. The topological polar surface area (TPSA) is 50.2 Å². The maximum atomic E-state index is 11.4. The highest BCUT2D eigenvalue weighted by molar-refractivity contribution is 9.18. The van der Waals surface area contributed by atoms with Crippen molar-refractivity contribution >= 4 is 26.5 Å². The molecule has 0 bridgehead atoms. The Morgan fingerprint density at radius 1 is 1.40 bits per heavy atom. The first-order valence-electron chi connectivity index (χ1n) is 5.25. The number of esters is 1. The predicted octanol–water partition coefficient (Wildman–Crippen LogP) is 3.43. The van der Waals surface area contributed by atoms with Gasteiger partial charge in [-0.2, -0.15) is 0 Å². The molecule has 0 aliphatic heterocycles. The summed E-state index contributed by atoms with van der Waals surface area (Å²) in [5.41, 5.74) is 0.327. The van der Waals surface area contributed by atoms with E-state index in [1.54, 1.807) is 13.0 Å². The Bertz CT molecular complexity index is 249. The highest BCUT2D eigenvalue weighted by atomic mass is 79.9. The molecule has 15 heavy (non-hydrogen) atoms. The van der Waals surface area contributed by atoms with E-state index in [1.807, 2.05) is 0 Å². The minimum Gasteiger partial charge on any atom is -0.462 e. The number of carbonyl (C=O) groups is 1. The summed E-state index contributed by atoms with van der Waals surface area (Å²) in [5.74, 6) is -0.420. The molecule has 0 radical (unpaired) electrons. The Kier molecular flexibility index (Phi) is 8.28. The summed E-state index contributed by atoms with van der Waals surface area (Å²) in [6.07, 6.45) is 5.91. The summed E-state index contributed by atoms with van der Waals surface area (Å²) in [6.45, 7) is 4.22. The molecule has 1 N–H and O–H groups in total. The van der Waals surface area contributed by atoms with Crippen LogP contribution >= 0.6 is 15.9 Å². The van der Waals surface area contributed by atoms with Crippen LogP contribution in [0.4, 0.5) is 0 Å². The number of hydrogen-bond acceptors (Lipinski definition) is 3. The van der Waals surface area contributed by atoms with Crippen LogP contribution in [0.25, 0.3) is 0 Å². The van der Waals surface area contributed by atoms with E-state index >= 15 is 0 Å². The summed E-state index contributed by atoms with van der Waals surface area (Å²) < 4.78 is 4.94. The van der Waals surface area contributed by atoms with Crippen LogP contribution in [-0.2, 0) is 9.53 Å². The maximum Gasteiger partial charge on any atom is 0.340 e. The number of allylic oxidation sites excluding steroid dienone is 1. The third-order valence-electron chi connectivity index (χ3n) is 1.89. The van der Waals surface area contributed by atoms with Crippen LogP contribution in [-0.4, -0.2) is 17.2 Å². The number of halogens is 1. The summed E-state index contributed by atoms with van der Waals surface area (Å²) in [6, 6.07) is 0. The van der Waals surface area contributed by atoms with Crippen LogP contribution in [0.5, 0.6) is 0 Å². The summed E-state index contributed by atoms with van der Waals surface area (Å²) >= 11 is 2.99. The molecule has 0 fully saturated rings. The molecule has 0 aromatic carbocycles. The molecule has 0 saturated carbocycles. The minimum atomic E-state index is -0.420. The normalized spacial score (nSPS) is 11.3. The van der Waals surface area contributed by atoms with Gasteiger partial charge in [0.1, 0.15) is 4.62 Å². The van der Waals surface area contributed by atoms with Gasteiger partial charge in [-0.15, -0.1) is 0 Å². The van der Waals surface area contributed by atoms with Gasteiger partial charge in [0.2, 0.25) is 0 Å². The van der Waals surface area contributed by atoms with Gasteiger partial charge in [-0.3, -0.25) is 5.41 Å². The maximum absolute atomic E-state index is 11.4. The van der Waals surface area contributed by atoms with Gasteiger partial charge in [0.25, 0.3) is 0 Å². The van der Waals surface area contributed by atoms with Crippen LogP contribution < -0.4 is 0 Å². The van der Waals surface area contributed by atoms with Crippen molar-refractivity contribution in [1.82, 2.24) is 0 Å². The van der Waals surface area contributed by atoms with Crippen LogP contribution in [0.2, 0.25) is 0 Å². The van der Waals surface area contributed by atoms with Crippen molar-refractivity contribution in [3.63, 3.8) is 0 Å². The van der Waals surface area contributed by atoms with Crippen LogP contribution in [0.1, 0.15) is 39.5 Å². The zero-order valence-electron chi connectivity index (χ0n) is 9.31. The van der Waals surface area contributed by atoms with Crippen molar-refractivity contribution < 1.29 is 9.53 Å². The van der Waals surface area contributed by atoms with Crippen molar-refractivity contribution in [2.24, 2.45) is 0 Å². The first-order chi connectivity index (χ1) is 7.13. The second-order valence-corrected chi connectivity index (χ2v) is 3.94. The predicted molar refractivity (Wildman–Crippen MR) is 65.5 cm³/mol. The second-order valence-electron chi connectivity index (χ2n) is 3.15. The Morgan fingerprint density at radius 2 is 2.07 bits per heavy atom. The SMILES string of the molecule is CCCCC/C=C(\C(=N)Br)C(=O)OCC. The fourth-order valence-corrected chi connectivity index (χ4v) is 1.44. The first kappa shape index (κ1) is 14.4. The van der Waals surface area contributed by atoms with Crippen molar-refractivity contribution in [1.29, 1.82) is 5.41 Å². The van der Waals surface area contributed by atoms with Gasteiger partial charge in [-0.1, -0.05) is 25.8 Å². The van der Waals surface area contributed by atoms with E-state index < -0.39 is 5.97 Å². The molecule has 0 aliphatic carbocycles. The van der Waals surface area contributed by atoms with Crippen molar-refractivity contribution in [3.05, 3.63) is 11.6 Å².